The molecule has 1 fully saturated rings. The molecule has 5 heteroatoms. The maximum atomic E-state index is 12.0. The van der Waals surface area contributed by atoms with Crippen LogP contribution in [-0.2, 0) is 4.79 Å². The number of nitrogens with one attached hydrogen (secondary N) is 1. The Morgan fingerprint density at radius 3 is 2.50 bits per heavy atom. The number of carbonyl (C=O) groups excluding carboxylic acids is 1. The van der Waals surface area contributed by atoms with E-state index >= 15 is 0 Å². The summed E-state index contributed by atoms with van der Waals surface area (Å²) in [6.45, 7) is 8.47. The van der Waals surface area contributed by atoms with Crippen LogP contribution in [0, 0.1) is 5.92 Å². The van der Waals surface area contributed by atoms with E-state index in [1.54, 1.807) is 6.92 Å². The van der Waals surface area contributed by atoms with Crippen molar-refractivity contribution in [3.63, 3.8) is 0 Å². The molecule has 0 aromatic rings. The van der Waals surface area contributed by atoms with Crippen LogP contribution in [0.5, 0.6) is 0 Å². The van der Waals surface area contributed by atoms with Gasteiger partial charge < -0.3 is 10.4 Å². The summed E-state index contributed by atoms with van der Waals surface area (Å²) in [5, 5.41) is 12.3. The fraction of sp³-hybridized carbons (Fsp3) is 0.923. The molecule has 0 spiro atoms. The molecule has 1 amide bonds. The molecule has 3 unspecified atom stereocenters. The zero-order chi connectivity index (χ0) is 13.5. The molecule has 0 aromatic carbocycles. The van der Waals surface area contributed by atoms with E-state index in [0.717, 1.165) is 31.0 Å². The number of aliphatic hydroxyl groups excluding tert-OH is 1. The van der Waals surface area contributed by atoms with Crippen molar-refractivity contribution in [2.24, 2.45) is 5.92 Å². The number of carbonyl (C=O) groups is 1. The highest BCUT2D eigenvalue weighted by Gasteiger charge is 2.23. The van der Waals surface area contributed by atoms with E-state index < -0.39 is 0 Å². The number of aliphatic hydroxyl groups is 1. The fourth-order valence-corrected chi connectivity index (χ4v) is 3.15. The van der Waals surface area contributed by atoms with Gasteiger partial charge in [-0.05, 0) is 26.2 Å². The van der Waals surface area contributed by atoms with Gasteiger partial charge >= 0.3 is 0 Å². The quantitative estimate of drug-likeness (QED) is 0.757. The Morgan fingerprint density at radius 2 is 1.94 bits per heavy atom. The first-order valence-electron chi connectivity index (χ1n) is 6.78. The number of hydrogen-bond donors (Lipinski definition) is 2. The van der Waals surface area contributed by atoms with Crippen molar-refractivity contribution in [3.05, 3.63) is 0 Å². The first kappa shape index (κ1) is 15.8. The summed E-state index contributed by atoms with van der Waals surface area (Å²) < 4.78 is 0. The molecule has 0 bridgehead atoms. The van der Waals surface area contributed by atoms with E-state index in [-0.39, 0.29) is 18.1 Å². The summed E-state index contributed by atoms with van der Waals surface area (Å²) in [6, 6.07) is -0.0374. The molecule has 2 N–H and O–H groups in total. The van der Waals surface area contributed by atoms with Crippen LogP contribution in [0.25, 0.3) is 0 Å². The maximum Gasteiger partial charge on any atom is 0.237 e. The summed E-state index contributed by atoms with van der Waals surface area (Å²) in [7, 11) is 0. The lowest BCUT2D eigenvalue weighted by molar-refractivity contribution is -0.126. The third kappa shape index (κ3) is 5.59. The van der Waals surface area contributed by atoms with Crippen LogP contribution in [0.15, 0.2) is 0 Å². The molecule has 18 heavy (non-hydrogen) atoms. The van der Waals surface area contributed by atoms with E-state index in [9.17, 15) is 9.90 Å². The molecule has 0 saturated carbocycles. The van der Waals surface area contributed by atoms with Gasteiger partial charge in [0.05, 0.1) is 12.1 Å². The Kier molecular flexibility index (Phi) is 7.04. The average Bonchev–Trinajstić information content (AvgIpc) is 2.35. The molecule has 4 nitrogen and oxygen atoms in total. The minimum atomic E-state index is -0.298. The molecule has 0 aromatic heterocycles. The normalized spacial score (nSPS) is 22.2. The van der Waals surface area contributed by atoms with Crippen LogP contribution in [0.4, 0.5) is 0 Å². The lowest BCUT2D eigenvalue weighted by Crippen LogP contribution is -2.49. The van der Waals surface area contributed by atoms with Crippen molar-refractivity contribution in [1.29, 1.82) is 0 Å². The minimum absolute atomic E-state index is 0.0374. The zero-order valence-electron chi connectivity index (χ0n) is 11.7. The predicted octanol–water partition coefficient (Wildman–Crippen LogP) is 0.947. The predicted molar refractivity (Wildman–Crippen MR) is 76.8 cm³/mol. The number of amides is 1. The number of nitrogens with zero attached hydrogens (tertiary/aromatic N) is 1. The Labute approximate surface area is 115 Å². The Bertz CT molecular complexity index is 255. The summed E-state index contributed by atoms with van der Waals surface area (Å²) >= 11 is 1.95. The summed E-state index contributed by atoms with van der Waals surface area (Å²) in [6.07, 6.45) is 0.433. The van der Waals surface area contributed by atoms with Crippen LogP contribution < -0.4 is 5.32 Å². The van der Waals surface area contributed by atoms with Gasteiger partial charge in [-0.1, -0.05) is 6.92 Å². The molecular formula is C13H26N2O2S. The maximum absolute atomic E-state index is 12.0. The second kappa shape index (κ2) is 8.02. The van der Waals surface area contributed by atoms with Crippen LogP contribution in [0.3, 0.4) is 0 Å². The van der Waals surface area contributed by atoms with E-state index in [1.165, 1.54) is 0 Å². The second-order valence-corrected chi connectivity index (χ2v) is 6.48. The number of thioether (sulfide) groups is 1. The highest BCUT2D eigenvalue weighted by Crippen LogP contribution is 2.12. The molecule has 1 rings (SSSR count). The van der Waals surface area contributed by atoms with Crippen LogP contribution in [0.2, 0.25) is 0 Å². The molecular weight excluding hydrogens is 248 g/mol. The molecule has 3 atom stereocenters. The van der Waals surface area contributed by atoms with Crippen molar-refractivity contribution < 1.29 is 9.90 Å². The standard InChI is InChI=1S/C13H26N2O2S/c1-10(8-11(2)16)9-14-13(17)12(3)15-4-6-18-7-5-15/h10-12,16H,4-9H2,1-3H3,(H,14,17). The third-order valence-electron chi connectivity index (χ3n) is 3.34. The first-order chi connectivity index (χ1) is 8.50. The Hall–Kier alpha value is -0.260. The van der Waals surface area contributed by atoms with E-state index in [1.807, 2.05) is 18.7 Å². The molecule has 1 heterocycles. The number of rotatable bonds is 6. The Morgan fingerprint density at radius 1 is 1.33 bits per heavy atom. The van der Waals surface area contributed by atoms with E-state index in [0.29, 0.717) is 12.5 Å². The molecule has 0 aliphatic carbocycles. The lowest BCUT2D eigenvalue weighted by Gasteiger charge is -2.31. The smallest absolute Gasteiger partial charge is 0.237 e. The van der Waals surface area contributed by atoms with Gasteiger partial charge in [0.2, 0.25) is 5.91 Å². The SMILES string of the molecule is CC(O)CC(C)CNC(=O)C(C)N1CCSCC1. The highest BCUT2D eigenvalue weighted by atomic mass is 32.2. The zero-order valence-corrected chi connectivity index (χ0v) is 12.5. The molecule has 1 saturated heterocycles. The van der Waals surface area contributed by atoms with Gasteiger partial charge in [-0.25, -0.2) is 0 Å². The molecule has 1 aliphatic rings. The molecule has 0 radical (unpaired) electrons. The average molecular weight is 274 g/mol. The van der Waals surface area contributed by atoms with Crippen molar-refractivity contribution in [2.45, 2.75) is 39.3 Å². The third-order valence-corrected chi connectivity index (χ3v) is 4.28. The topological polar surface area (TPSA) is 52.6 Å². The lowest BCUT2D eigenvalue weighted by atomic mass is 10.0. The van der Waals surface area contributed by atoms with Gasteiger partial charge in [0.15, 0.2) is 0 Å². The summed E-state index contributed by atoms with van der Waals surface area (Å²) in [5.41, 5.74) is 0. The van der Waals surface area contributed by atoms with Gasteiger partial charge in [-0.2, -0.15) is 11.8 Å². The van der Waals surface area contributed by atoms with E-state index in [2.05, 4.69) is 17.1 Å². The van der Waals surface area contributed by atoms with Crippen molar-refractivity contribution in [3.8, 4) is 0 Å². The van der Waals surface area contributed by atoms with Gasteiger partial charge in [0.1, 0.15) is 0 Å². The van der Waals surface area contributed by atoms with Gasteiger partial charge in [-0.3, -0.25) is 9.69 Å². The highest BCUT2D eigenvalue weighted by molar-refractivity contribution is 7.99. The second-order valence-electron chi connectivity index (χ2n) is 5.26. The minimum Gasteiger partial charge on any atom is -0.393 e. The van der Waals surface area contributed by atoms with Crippen molar-refractivity contribution >= 4 is 17.7 Å². The monoisotopic (exact) mass is 274 g/mol. The van der Waals surface area contributed by atoms with Gasteiger partial charge in [0.25, 0.3) is 0 Å². The van der Waals surface area contributed by atoms with Gasteiger partial charge in [0, 0.05) is 31.1 Å². The Balaban J connectivity index is 2.26. The fourth-order valence-electron chi connectivity index (χ4n) is 2.22. The van der Waals surface area contributed by atoms with Crippen LogP contribution in [-0.4, -0.2) is 59.2 Å². The van der Waals surface area contributed by atoms with Crippen molar-refractivity contribution in [2.75, 3.05) is 31.1 Å². The first-order valence-corrected chi connectivity index (χ1v) is 7.93. The molecule has 106 valence electrons. The van der Waals surface area contributed by atoms with Crippen LogP contribution >= 0.6 is 11.8 Å². The van der Waals surface area contributed by atoms with Crippen molar-refractivity contribution in [1.82, 2.24) is 10.2 Å². The summed E-state index contributed by atoms with van der Waals surface area (Å²) in [5.74, 6) is 2.67. The van der Waals surface area contributed by atoms with Crippen LogP contribution in [0.1, 0.15) is 27.2 Å². The number of hydrogen-bond acceptors (Lipinski definition) is 4. The van der Waals surface area contributed by atoms with E-state index in [4.69, 9.17) is 0 Å². The summed E-state index contributed by atoms with van der Waals surface area (Å²) in [4.78, 5) is 14.3. The largest absolute Gasteiger partial charge is 0.393 e. The van der Waals surface area contributed by atoms with Gasteiger partial charge in [-0.15, -0.1) is 0 Å². The molecule has 1 aliphatic heterocycles.